The number of methoxy groups -OCH3 is 1. The van der Waals surface area contributed by atoms with E-state index >= 15 is 0 Å². The number of imidazole rings is 1. The molecule has 6 nitrogen and oxygen atoms in total. The summed E-state index contributed by atoms with van der Waals surface area (Å²) in [6, 6.07) is 6.10. The number of hydrogen-bond acceptors (Lipinski definition) is 6. The number of fused-ring (bicyclic) bond motifs is 1. The molecule has 0 bridgehead atoms. The number of rotatable bonds is 7. The first kappa shape index (κ1) is 21.9. The SMILES string of the molecule is COc1ccc(I)c(Sc2nc3c([AsH2])ncnc3n2CCCNC(C)(C)C)c1. The molecule has 0 aliphatic heterocycles. The van der Waals surface area contributed by atoms with Crippen LogP contribution in [0.15, 0.2) is 34.6 Å². The summed E-state index contributed by atoms with van der Waals surface area (Å²) in [5.74, 6) is 0.847. The van der Waals surface area contributed by atoms with Crippen molar-refractivity contribution >= 4 is 66.9 Å². The van der Waals surface area contributed by atoms with Crippen molar-refractivity contribution in [2.24, 2.45) is 0 Å². The molecule has 0 aliphatic rings. The molecule has 2 heterocycles. The molecule has 2 aromatic heterocycles. The van der Waals surface area contributed by atoms with Crippen molar-refractivity contribution in [3.8, 4) is 5.75 Å². The molecule has 1 aromatic carbocycles. The standard InChI is InChI=1S/C19H25AsIN5OS/c1-19(2,3)24-8-5-9-26-17-15(16(20)22-11-23-17)25-18(26)28-14-10-12(27-4)6-7-13(14)21/h6-7,10-11,24H,5,8-9,20H2,1-4H3. The fourth-order valence-electron chi connectivity index (χ4n) is 2.70. The van der Waals surface area contributed by atoms with E-state index in [1.54, 1.807) is 25.2 Å². The van der Waals surface area contributed by atoms with Gasteiger partial charge in [-0.25, -0.2) is 0 Å². The van der Waals surface area contributed by atoms with E-state index in [1.807, 2.05) is 6.07 Å². The molecular formula is C19H25AsIN5OS. The van der Waals surface area contributed by atoms with Crippen molar-refractivity contribution < 1.29 is 4.74 Å². The van der Waals surface area contributed by atoms with Gasteiger partial charge < -0.3 is 0 Å². The zero-order valence-corrected chi connectivity index (χ0v) is 21.9. The molecule has 28 heavy (non-hydrogen) atoms. The third-order valence-electron chi connectivity index (χ3n) is 4.08. The first-order chi connectivity index (χ1) is 13.3. The number of ether oxygens (including phenoxy) is 1. The quantitative estimate of drug-likeness (QED) is 0.267. The number of hydrogen-bond donors (Lipinski definition) is 1. The van der Waals surface area contributed by atoms with Crippen molar-refractivity contribution in [2.45, 2.75) is 49.3 Å². The summed E-state index contributed by atoms with van der Waals surface area (Å²) >= 11 is 5.47. The second-order valence-corrected chi connectivity index (χ2v) is 10.7. The molecule has 150 valence electrons. The summed E-state index contributed by atoms with van der Waals surface area (Å²) in [5.41, 5.74) is 1.92. The van der Waals surface area contributed by atoms with Gasteiger partial charge in [0.25, 0.3) is 0 Å². The number of aromatic nitrogens is 4. The van der Waals surface area contributed by atoms with Gasteiger partial charge in [-0.05, 0) is 0 Å². The number of aryl methyl sites for hydroxylation is 1. The Labute approximate surface area is 192 Å². The summed E-state index contributed by atoms with van der Waals surface area (Å²) in [5, 5.41) is 4.49. The first-order valence-electron chi connectivity index (χ1n) is 9.01. The second kappa shape index (κ2) is 9.32. The average Bonchev–Trinajstić information content (AvgIpc) is 2.98. The predicted molar refractivity (Wildman–Crippen MR) is 126 cm³/mol. The number of halogens is 1. The Morgan fingerprint density at radius 2 is 2.07 bits per heavy atom. The van der Waals surface area contributed by atoms with Gasteiger partial charge in [-0.1, -0.05) is 0 Å². The van der Waals surface area contributed by atoms with Crippen molar-refractivity contribution in [1.29, 1.82) is 0 Å². The van der Waals surface area contributed by atoms with Crippen LogP contribution in [0.1, 0.15) is 27.2 Å². The van der Waals surface area contributed by atoms with Gasteiger partial charge >= 0.3 is 193 Å². The molecule has 1 N–H and O–H groups in total. The number of nitrogens with zero attached hydrogens (tertiary/aromatic N) is 4. The Morgan fingerprint density at radius 3 is 2.79 bits per heavy atom. The third-order valence-corrected chi connectivity index (χ3v) is 7.32. The molecule has 0 amide bonds. The molecule has 0 fully saturated rings. The molecule has 3 rings (SSSR count). The number of benzene rings is 1. The van der Waals surface area contributed by atoms with E-state index in [2.05, 4.69) is 75.3 Å². The third kappa shape index (κ3) is 5.40. The molecule has 0 radical (unpaired) electrons. The molecule has 3 aromatic rings. The summed E-state index contributed by atoms with van der Waals surface area (Å²) < 4.78 is 9.74. The van der Waals surface area contributed by atoms with Gasteiger partial charge in [0.2, 0.25) is 0 Å². The molecule has 0 saturated carbocycles. The van der Waals surface area contributed by atoms with Crippen molar-refractivity contribution in [1.82, 2.24) is 24.8 Å². The fourth-order valence-corrected chi connectivity index (χ4v) is 4.88. The van der Waals surface area contributed by atoms with E-state index in [-0.39, 0.29) is 5.54 Å². The molecule has 0 saturated heterocycles. The van der Waals surface area contributed by atoms with E-state index in [1.165, 1.54) is 20.4 Å². The van der Waals surface area contributed by atoms with Crippen LogP contribution in [0.25, 0.3) is 11.2 Å². The van der Waals surface area contributed by atoms with Crippen LogP contribution in [0, 0.1) is 3.57 Å². The zero-order valence-electron chi connectivity index (χ0n) is 16.5. The Morgan fingerprint density at radius 1 is 1.29 bits per heavy atom. The minimum atomic E-state index is 0.118. The second-order valence-electron chi connectivity index (χ2n) is 7.41. The van der Waals surface area contributed by atoms with Crippen LogP contribution in [0.5, 0.6) is 5.75 Å². The molecule has 1 unspecified atom stereocenters. The Kier molecular flexibility index (Phi) is 7.28. The average molecular weight is 573 g/mol. The van der Waals surface area contributed by atoms with E-state index in [0.717, 1.165) is 51.0 Å². The van der Waals surface area contributed by atoms with Crippen molar-refractivity contribution in [3.05, 3.63) is 28.1 Å². The van der Waals surface area contributed by atoms with E-state index in [9.17, 15) is 0 Å². The Balaban J connectivity index is 1.91. The van der Waals surface area contributed by atoms with Gasteiger partial charge in [-0.2, -0.15) is 0 Å². The monoisotopic (exact) mass is 573 g/mol. The van der Waals surface area contributed by atoms with Crippen LogP contribution in [-0.2, 0) is 6.54 Å². The van der Waals surface area contributed by atoms with Gasteiger partial charge in [-0.15, -0.1) is 0 Å². The molecule has 0 aliphatic carbocycles. The van der Waals surface area contributed by atoms with Gasteiger partial charge in [0.1, 0.15) is 0 Å². The van der Waals surface area contributed by atoms with E-state index in [0.29, 0.717) is 0 Å². The number of nitrogens with one attached hydrogen (secondary N) is 1. The maximum absolute atomic E-state index is 5.40. The van der Waals surface area contributed by atoms with Crippen LogP contribution >= 0.6 is 34.4 Å². The first-order valence-corrected chi connectivity index (χ1v) is 12.1. The summed E-state index contributed by atoms with van der Waals surface area (Å²) in [7, 11) is 1.69. The van der Waals surface area contributed by atoms with E-state index in [4.69, 9.17) is 9.72 Å². The van der Waals surface area contributed by atoms with Gasteiger partial charge in [0, 0.05) is 0 Å². The summed E-state index contributed by atoms with van der Waals surface area (Å²) in [6.45, 7) is 8.35. The van der Waals surface area contributed by atoms with Crippen LogP contribution in [0.4, 0.5) is 0 Å². The van der Waals surface area contributed by atoms with Gasteiger partial charge in [-0.3, -0.25) is 0 Å². The zero-order chi connectivity index (χ0) is 20.3. The van der Waals surface area contributed by atoms with Crippen LogP contribution < -0.4 is 14.5 Å². The van der Waals surface area contributed by atoms with Crippen molar-refractivity contribution in [3.63, 3.8) is 0 Å². The normalized spacial score (nSPS) is 11.9. The molecule has 0 spiro atoms. The Hall–Kier alpha value is -0.832. The van der Waals surface area contributed by atoms with Gasteiger partial charge in [0.15, 0.2) is 0 Å². The van der Waals surface area contributed by atoms with Crippen LogP contribution in [-0.4, -0.2) is 55.6 Å². The van der Waals surface area contributed by atoms with Crippen LogP contribution in [0.2, 0.25) is 0 Å². The van der Waals surface area contributed by atoms with E-state index < -0.39 is 0 Å². The van der Waals surface area contributed by atoms with Gasteiger partial charge in [0.05, 0.1) is 0 Å². The topological polar surface area (TPSA) is 64.9 Å². The maximum atomic E-state index is 5.40. The molecular weight excluding hydrogens is 548 g/mol. The molecule has 9 heteroatoms. The van der Waals surface area contributed by atoms with Crippen LogP contribution in [0.3, 0.4) is 0 Å². The van der Waals surface area contributed by atoms with Crippen molar-refractivity contribution in [2.75, 3.05) is 13.7 Å². The predicted octanol–water partition coefficient (Wildman–Crippen LogP) is 2.63. The Bertz CT molecular complexity index is 973. The fraction of sp³-hybridized carbons (Fsp3) is 0.421. The molecule has 1 atom stereocenters. The minimum absolute atomic E-state index is 0.118. The summed E-state index contributed by atoms with van der Waals surface area (Å²) in [4.78, 5) is 14.9. The summed E-state index contributed by atoms with van der Waals surface area (Å²) in [6.07, 6.45) is 2.63.